The average molecular weight is 482 g/mol. The number of halogens is 2. The number of carbonyl (C=O) groups is 1. The van der Waals surface area contributed by atoms with Crippen LogP contribution < -0.4 is 15.1 Å². The quantitative estimate of drug-likeness (QED) is 0.521. The summed E-state index contributed by atoms with van der Waals surface area (Å²) in [6.45, 7) is 5.36. The van der Waals surface area contributed by atoms with Crippen LogP contribution >= 0.6 is 23.2 Å². The van der Waals surface area contributed by atoms with Crippen LogP contribution in [-0.2, 0) is 6.42 Å². The molecule has 0 spiro atoms. The molecule has 170 valence electrons. The van der Waals surface area contributed by atoms with Crippen LogP contribution in [0.1, 0.15) is 29.4 Å². The van der Waals surface area contributed by atoms with Gasteiger partial charge in [-0.2, -0.15) is 4.98 Å². The highest BCUT2D eigenvalue weighted by molar-refractivity contribution is 6.31. The number of hydrogen-bond acceptors (Lipinski definition) is 6. The van der Waals surface area contributed by atoms with Gasteiger partial charge in [-0.3, -0.25) is 4.79 Å². The lowest BCUT2D eigenvalue weighted by molar-refractivity contribution is 0.0952. The van der Waals surface area contributed by atoms with Gasteiger partial charge in [0, 0.05) is 54.0 Å². The Morgan fingerprint density at radius 1 is 0.909 bits per heavy atom. The Kier molecular flexibility index (Phi) is 6.13. The van der Waals surface area contributed by atoms with Crippen molar-refractivity contribution in [1.82, 2.24) is 9.97 Å². The normalized spacial score (nSPS) is 18.3. The van der Waals surface area contributed by atoms with Crippen LogP contribution in [0.5, 0.6) is 0 Å². The highest BCUT2D eigenvalue weighted by atomic mass is 35.5. The number of carbonyl (C=O) groups excluding carboxylic acids is 1. The number of benzene rings is 2. The summed E-state index contributed by atoms with van der Waals surface area (Å²) < 4.78 is 0. The third-order valence-electron chi connectivity index (χ3n) is 6.17. The van der Waals surface area contributed by atoms with Crippen molar-refractivity contribution < 1.29 is 4.79 Å². The largest absolute Gasteiger partial charge is 0.368 e. The lowest BCUT2D eigenvalue weighted by Crippen LogP contribution is -2.47. The van der Waals surface area contributed by atoms with E-state index in [-0.39, 0.29) is 11.7 Å². The van der Waals surface area contributed by atoms with Crippen molar-refractivity contribution in [1.29, 1.82) is 0 Å². The SMILES string of the molecule is CC1CC(=O)c2c(nc(N3CCN(c4cccc(Cl)c4)CC3)nc2Nc2ccc(Cl)cc2)C1. The predicted molar refractivity (Wildman–Crippen MR) is 134 cm³/mol. The molecule has 2 aliphatic rings. The zero-order valence-electron chi connectivity index (χ0n) is 18.4. The van der Waals surface area contributed by atoms with Crippen LogP contribution in [0, 0.1) is 5.92 Å². The second kappa shape index (κ2) is 9.20. The lowest BCUT2D eigenvalue weighted by atomic mass is 9.87. The minimum atomic E-state index is 0.0949. The molecule has 0 bridgehead atoms. The number of ketones is 1. The molecule has 5 rings (SSSR count). The summed E-state index contributed by atoms with van der Waals surface area (Å²) in [5, 5.41) is 4.74. The summed E-state index contributed by atoms with van der Waals surface area (Å²) in [5.41, 5.74) is 3.41. The zero-order valence-corrected chi connectivity index (χ0v) is 19.9. The van der Waals surface area contributed by atoms with Gasteiger partial charge in [-0.15, -0.1) is 0 Å². The van der Waals surface area contributed by atoms with E-state index in [1.165, 1.54) is 0 Å². The Morgan fingerprint density at radius 2 is 1.64 bits per heavy atom. The summed E-state index contributed by atoms with van der Waals surface area (Å²) >= 11 is 12.2. The molecule has 0 radical (unpaired) electrons. The molecule has 1 N–H and O–H groups in total. The van der Waals surface area contributed by atoms with E-state index < -0.39 is 0 Å². The third kappa shape index (κ3) is 4.77. The molecule has 3 aromatic rings. The second-order valence-electron chi connectivity index (χ2n) is 8.72. The average Bonchev–Trinajstić information content (AvgIpc) is 2.80. The van der Waals surface area contributed by atoms with E-state index in [1.807, 2.05) is 42.5 Å². The van der Waals surface area contributed by atoms with Gasteiger partial charge in [-0.05, 0) is 54.8 Å². The van der Waals surface area contributed by atoms with Gasteiger partial charge in [0.1, 0.15) is 5.82 Å². The van der Waals surface area contributed by atoms with Gasteiger partial charge in [0.05, 0.1) is 11.3 Å². The van der Waals surface area contributed by atoms with Crippen LogP contribution in [0.25, 0.3) is 0 Å². The Hall–Kier alpha value is -2.83. The van der Waals surface area contributed by atoms with E-state index in [1.54, 1.807) is 0 Å². The fourth-order valence-corrected chi connectivity index (χ4v) is 4.81. The fourth-order valence-electron chi connectivity index (χ4n) is 4.49. The number of nitrogens with zero attached hydrogens (tertiary/aromatic N) is 4. The maximum absolute atomic E-state index is 12.9. The van der Waals surface area contributed by atoms with Crippen LogP contribution in [0.3, 0.4) is 0 Å². The Labute approximate surface area is 203 Å². The first-order valence-corrected chi connectivity index (χ1v) is 11.9. The fraction of sp³-hybridized carbons (Fsp3) is 0.320. The topological polar surface area (TPSA) is 61.4 Å². The van der Waals surface area contributed by atoms with Gasteiger partial charge in [0.25, 0.3) is 0 Å². The molecule has 1 fully saturated rings. The van der Waals surface area contributed by atoms with E-state index in [9.17, 15) is 4.79 Å². The molecule has 2 aromatic carbocycles. The summed E-state index contributed by atoms with van der Waals surface area (Å²) in [7, 11) is 0. The highest BCUT2D eigenvalue weighted by Gasteiger charge is 2.30. The second-order valence-corrected chi connectivity index (χ2v) is 9.59. The van der Waals surface area contributed by atoms with Crippen LogP contribution in [0.15, 0.2) is 48.5 Å². The zero-order chi connectivity index (χ0) is 22.9. The van der Waals surface area contributed by atoms with Gasteiger partial charge in [-0.25, -0.2) is 4.98 Å². The van der Waals surface area contributed by atoms with Crippen molar-refractivity contribution in [3.05, 3.63) is 69.8 Å². The number of hydrogen-bond donors (Lipinski definition) is 1. The van der Waals surface area contributed by atoms with E-state index in [0.717, 1.165) is 54.7 Å². The maximum Gasteiger partial charge on any atom is 0.227 e. The Bertz CT molecular complexity index is 1180. The number of anilines is 4. The van der Waals surface area contributed by atoms with E-state index in [4.69, 9.17) is 33.2 Å². The minimum Gasteiger partial charge on any atom is -0.368 e. The third-order valence-corrected chi connectivity index (χ3v) is 6.66. The molecule has 1 unspecified atom stereocenters. The van der Waals surface area contributed by atoms with E-state index in [0.29, 0.717) is 28.8 Å². The van der Waals surface area contributed by atoms with Gasteiger partial charge in [-0.1, -0.05) is 36.2 Å². The molecule has 2 heterocycles. The van der Waals surface area contributed by atoms with Crippen molar-refractivity contribution in [2.45, 2.75) is 19.8 Å². The van der Waals surface area contributed by atoms with Crippen molar-refractivity contribution in [2.75, 3.05) is 41.3 Å². The van der Waals surface area contributed by atoms with Crippen LogP contribution in [0.2, 0.25) is 10.0 Å². The van der Waals surface area contributed by atoms with E-state index in [2.05, 4.69) is 28.1 Å². The molecule has 0 saturated carbocycles. The maximum atomic E-state index is 12.9. The van der Waals surface area contributed by atoms with Gasteiger partial charge < -0.3 is 15.1 Å². The van der Waals surface area contributed by atoms with Gasteiger partial charge in [0.2, 0.25) is 5.95 Å². The predicted octanol–water partition coefficient (Wildman–Crippen LogP) is 5.62. The smallest absolute Gasteiger partial charge is 0.227 e. The summed E-state index contributed by atoms with van der Waals surface area (Å²) in [5.74, 6) is 1.61. The van der Waals surface area contributed by atoms with Crippen LogP contribution in [-0.4, -0.2) is 41.9 Å². The molecular weight excluding hydrogens is 457 g/mol. The first-order chi connectivity index (χ1) is 16.0. The number of aromatic nitrogens is 2. The Balaban J connectivity index is 1.42. The summed E-state index contributed by atoms with van der Waals surface area (Å²) in [6.07, 6.45) is 1.29. The lowest BCUT2D eigenvalue weighted by Gasteiger charge is -2.36. The first kappa shape index (κ1) is 22.0. The number of piperazine rings is 1. The number of fused-ring (bicyclic) bond motifs is 1. The van der Waals surface area contributed by atoms with Crippen molar-refractivity contribution >= 4 is 52.1 Å². The minimum absolute atomic E-state index is 0.0949. The van der Waals surface area contributed by atoms with Gasteiger partial charge in [0.15, 0.2) is 5.78 Å². The molecule has 8 heteroatoms. The number of rotatable bonds is 4. The number of Topliss-reactive ketones (excluding diaryl/α,β-unsaturated/α-hetero) is 1. The molecule has 1 aromatic heterocycles. The molecule has 1 aliphatic heterocycles. The number of nitrogens with one attached hydrogen (secondary N) is 1. The van der Waals surface area contributed by atoms with Crippen molar-refractivity contribution in [2.24, 2.45) is 5.92 Å². The van der Waals surface area contributed by atoms with Crippen molar-refractivity contribution in [3.63, 3.8) is 0 Å². The first-order valence-electron chi connectivity index (χ1n) is 11.2. The highest BCUT2D eigenvalue weighted by Crippen LogP contribution is 2.32. The molecule has 1 saturated heterocycles. The molecular formula is C25H25Cl2N5O. The monoisotopic (exact) mass is 481 g/mol. The summed E-state index contributed by atoms with van der Waals surface area (Å²) in [6, 6.07) is 15.3. The molecule has 33 heavy (non-hydrogen) atoms. The van der Waals surface area contributed by atoms with E-state index >= 15 is 0 Å². The standard InChI is InChI=1S/C25H25Cl2N5O/c1-16-13-21-23(22(33)14-16)24(28-19-7-5-17(26)6-8-19)30-25(29-21)32-11-9-31(10-12-32)20-4-2-3-18(27)15-20/h2-8,15-16H,9-14H2,1H3,(H,28,29,30). The van der Waals surface area contributed by atoms with Gasteiger partial charge >= 0.3 is 0 Å². The van der Waals surface area contributed by atoms with Crippen LogP contribution in [0.4, 0.5) is 23.1 Å². The molecule has 6 nitrogen and oxygen atoms in total. The molecule has 1 aliphatic carbocycles. The summed E-state index contributed by atoms with van der Waals surface area (Å²) in [4.78, 5) is 27.1. The molecule has 0 amide bonds. The Morgan fingerprint density at radius 3 is 2.36 bits per heavy atom. The molecule has 1 atom stereocenters. The van der Waals surface area contributed by atoms with Crippen molar-refractivity contribution in [3.8, 4) is 0 Å².